The van der Waals surface area contributed by atoms with Crippen molar-refractivity contribution in [3.05, 3.63) is 89.0 Å². The number of hydrogen-bond donors (Lipinski definition) is 1. The number of benzene rings is 2. The van der Waals surface area contributed by atoms with E-state index in [0.29, 0.717) is 22.0 Å². The molecule has 0 fully saturated rings. The van der Waals surface area contributed by atoms with E-state index in [4.69, 9.17) is 16.3 Å². The smallest absolute Gasteiger partial charge is 0.418 e. The van der Waals surface area contributed by atoms with Crippen molar-refractivity contribution in [1.82, 2.24) is 9.99 Å². The first-order valence-electron chi connectivity index (χ1n) is 13.0. The summed E-state index contributed by atoms with van der Waals surface area (Å²) in [6, 6.07) is 11.6. The summed E-state index contributed by atoms with van der Waals surface area (Å²) in [4.78, 5) is 32.0. The number of ether oxygens (including phenoxy) is 2. The zero-order valence-electron chi connectivity index (χ0n) is 23.1. The molecule has 4 rings (SSSR count). The molecule has 1 aliphatic rings. The van der Waals surface area contributed by atoms with E-state index in [-0.39, 0.29) is 18.8 Å². The van der Waals surface area contributed by atoms with Crippen LogP contribution < -0.4 is 9.75 Å². The molecule has 3 amide bonds. The van der Waals surface area contributed by atoms with Gasteiger partial charge in [-0.3, -0.25) is 4.98 Å². The molecule has 15 heteroatoms. The molecule has 1 aromatic heterocycles. The third kappa shape index (κ3) is 7.03. The number of anilines is 1. The molecule has 0 N–H and O–H groups in total. The van der Waals surface area contributed by atoms with E-state index in [1.54, 1.807) is 32.9 Å². The number of carbonyl (C=O) groups excluding carboxylic acids is 2. The van der Waals surface area contributed by atoms with Crippen molar-refractivity contribution in [1.29, 1.82) is 0 Å². The van der Waals surface area contributed by atoms with E-state index in [1.165, 1.54) is 42.6 Å². The van der Waals surface area contributed by atoms with Gasteiger partial charge in [0.15, 0.2) is 0 Å². The number of quaternary nitrogens is 1. The highest BCUT2D eigenvalue weighted by molar-refractivity contribution is 7.74. The number of halogens is 5. The fraction of sp³-hybridized carbons (Fsp3) is 0.286. The summed E-state index contributed by atoms with van der Waals surface area (Å²) >= 11 is 10.6. The van der Waals surface area contributed by atoms with E-state index in [9.17, 15) is 27.2 Å². The van der Waals surface area contributed by atoms with Gasteiger partial charge in [0, 0.05) is 6.20 Å². The van der Waals surface area contributed by atoms with Crippen LogP contribution in [0.4, 0.5) is 32.8 Å². The molecular formula is C28H27ClF4N5O4S+. The summed E-state index contributed by atoms with van der Waals surface area (Å²) in [5.41, 5.74) is 1.42. The lowest BCUT2D eigenvalue weighted by Crippen LogP contribution is -2.65. The lowest BCUT2D eigenvalue weighted by Gasteiger charge is -2.39. The Morgan fingerprint density at radius 3 is 2.30 bits per heavy atom. The third-order valence-electron chi connectivity index (χ3n) is 6.44. The monoisotopic (exact) mass is 640 g/mol. The lowest BCUT2D eigenvalue weighted by atomic mass is 9.94. The number of aromatic nitrogens is 1. The van der Waals surface area contributed by atoms with E-state index in [2.05, 4.69) is 27.6 Å². The second kappa shape index (κ2) is 12.8. The number of hydrazone groups is 1. The zero-order chi connectivity index (χ0) is 31.5. The Hall–Kier alpha value is -3.88. The Kier molecular flexibility index (Phi) is 9.52. The standard InChI is InChI=1S/C28H27ClF4N5O4S/c1-4-41-27(40)38(43,17(2)3)37(21-10-12-22(13-11-21)42-28(31,32)33)26(39)36-16-23(24-14-7-19(29)15-34-24)25(35-36)18-5-8-20(30)9-6-18/h5-15,17,23,43H,4,16H2,1-3H3/q+1. The topological polar surface area (TPSA) is 84.3 Å². The first kappa shape index (κ1) is 32.0. The van der Waals surface area contributed by atoms with Gasteiger partial charge in [0.1, 0.15) is 23.3 Å². The number of carbonyl (C=O) groups is 2. The van der Waals surface area contributed by atoms with Crippen molar-refractivity contribution >= 4 is 47.9 Å². The molecule has 0 bridgehead atoms. The predicted octanol–water partition coefficient (Wildman–Crippen LogP) is 7.34. The van der Waals surface area contributed by atoms with Crippen molar-refractivity contribution in [2.45, 2.75) is 39.1 Å². The molecule has 2 atom stereocenters. The van der Waals surface area contributed by atoms with Crippen LogP contribution in [0.3, 0.4) is 0 Å². The SMILES string of the molecule is CCOC(=O)[N+](S)(C(C)C)N(C(=O)N1CC(c2ccc(Cl)cn2)C(c2ccc(F)cc2)=N1)c1ccc(OC(F)(F)F)cc1. The maximum atomic E-state index is 14.3. The maximum Gasteiger partial charge on any atom is 0.573 e. The van der Waals surface area contributed by atoms with Crippen LogP contribution in [0.15, 0.2) is 72.0 Å². The summed E-state index contributed by atoms with van der Waals surface area (Å²) in [5, 5.41) is 7.00. The van der Waals surface area contributed by atoms with Crippen LogP contribution in [-0.2, 0) is 4.74 Å². The number of urea groups is 1. The fourth-order valence-electron chi connectivity index (χ4n) is 4.38. The molecule has 0 saturated heterocycles. The van der Waals surface area contributed by atoms with Gasteiger partial charge in [0.2, 0.25) is 0 Å². The van der Waals surface area contributed by atoms with Crippen molar-refractivity contribution in [2.24, 2.45) is 5.10 Å². The van der Waals surface area contributed by atoms with E-state index < -0.39 is 46.0 Å². The minimum atomic E-state index is -4.94. The molecule has 1 aliphatic heterocycles. The van der Waals surface area contributed by atoms with Gasteiger partial charge in [0.25, 0.3) is 0 Å². The average Bonchev–Trinajstić information content (AvgIpc) is 3.39. The number of thiol groups is 1. The zero-order valence-corrected chi connectivity index (χ0v) is 24.8. The van der Waals surface area contributed by atoms with E-state index >= 15 is 0 Å². The van der Waals surface area contributed by atoms with Crippen LogP contribution in [-0.4, -0.2) is 57.4 Å². The van der Waals surface area contributed by atoms with Gasteiger partial charge in [-0.05, 0) is 74.9 Å². The van der Waals surface area contributed by atoms with Crippen LogP contribution in [0.2, 0.25) is 5.02 Å². The summed E-state index contributed by atoms with van der Waals surface area (Å²) in [6.45, 7) is 4.72. The Morgan fingerprint density at radius 2 is 1.77 bits per heavy atom. The summed E-state index contributed by atoms with van der Waals surface area (Å²) < 4.78 is 60.3. The Balaban J connectivity index is 1.82. The van der Waals surface area contributed by atoms with Crippen LogP contribution in [0.25, 0.3) is 0 Å². The van der Waals surface area contributed by atoms with Crippen molar-refractivity contribution in [2.75, 3.05) is 18.2 Å². The Bertz CT molecular complexity index is 1490. The van der Waals surface area contributed by atoms with Crippen LogP contribution >= 0.6 is 24.4 Å². The molecule has 0 spiro atoms. The molecule has 2 aromatic carbocycles. The molecule has 0 aliphatic carbocycles. The highest BCUT2D eigenvalue weighted by atomic mass is 35.5. The normalized spacial score (nSPS) is 16.5. The molecule has 0 radical (unpaired) electrons. The van der Waals surface area contributed by atoms with Gasteiger partial charge < -0.3 is 9.47 Å². The van der Waals surface area contributed by atoms with Gasteiger partial charge in [-0.15, -0.1) is 18.2 Å². The first-order chi connectivity index (χ1) is 20.2. The number of nitrogens with zero attached hydrogens (tertiary/aromatic N) is 5. The van der Waals surface area contributed by atoms with Gasteiger partial charge in [-0.25, -0.2) is 14.2 Å². The molecular weight excluding hydrogens is 614 g/mol. The Morgan fingerprint density at radius 1 is 1.12 bits per heavy atom. The number of hydrogen-bond acceptors (Lipinski definition) is 7. The summed E-state index contributed by atoms with van der Waals surface area (Å²) in [7, 11) is 0. The van der Waals surface area contributed by atoms with Crippen LogP contribution in [0, 0.1) is 5.82 Å². The average molecular weight is 641 g/mol. The van der Waals surface area contributed by atoms with Crippen molar-refractivity contribution < 1.29 is 40.6 Å². The van der Waals surface area contributed by atoms with Gasteiger partial charge in [-0.2, -0.15) is 9.90 Å². The largest absolute Gasteiger partial charge is 0.573 e. The minimum absolute atomic E-state index is 0.00266. The second-order valence-corrected chi connectivity index (χ2v) is 10.7. The van der Waals surface area contributed by atoms with E-state index in [0.717, 1.165) is 22.2 Å². The van der Waals surface area contributed by atoms with Gasteiger partial charge in [-0.1, -0.05) is 27.7 Å². The molecule has 2 heterocycles. The highest BCUT2D eigenvalue weighted by Crippen LogP contribution is 2.36. The number of alkyl halides is 3. The molecule has 0 saturated carbocycles. The number of rotatable bonds is 6. The van der Waals surface area contributed by atoms with Crippen molar-refractivity contribution in [3.63, 3.8) is 0 Å². The minimum Gasteiger partial charge on any atom is -0.418 e. The van der Waals surface area contributed by atoms with Gasteiger partial charge >= 0.3 is 18.5 Å². The quantitative estimate of drug-likeness (QED) is 0.132. The van der Waals surface area contributed by atoms with E-state index in [1.807, 2.05) is 0 Å². The summed E-state index contributed by atoms with van der Waals surface area (Å²) in [5.74, 6) is -1.59. The lowest BCUT2D eigenvalue weighted by molar-refractivity contribution is -0.743. The fourth-order valence-corrected chi connectivity index (χ4v) is 4.73. The Labute approximate surface area is 255 Å². The molecule has 228 valence electrons. The van der Waals surface area contributed by atoms with Crippen LogP contribution in [0.5, 0.6) is 5.75 Å². The molecule has 3 aromatic rings. The molecule has 2 unspecified atom stereocenters. The number of pyridine rings is 1. The number of amides is 3. The van der Waals surface area contributed by atoms with Crippen LogP contribution in [0.1, 0.15) is 37.9 Å². The first-order valence-corrected chi connectivity index (χ1v) is 13.7. The predicted molar refractivity (Wildman–Crippen MR) is 154 cm³/mol. The highest BCUT2D eigenvalue weighted by Gasteiger charge is 2.52. The molecule has 43 heavy (non-hydrogen) atoms. The van der Waals surface area contributed by atoms with Gasteiger partial charge in [0.05, 0.1) is 48.3 Å². The third-order valence-corrected chi connectivity index (χ3v) is 7.47. The molecule has 9 nitrogen and oxygen atoms in total. The maximum absolute atomic E-state index is 14.3. The summed E-state index contributed by atoms with van der Waals surface area (Å²) in [6.07, 6.45) is -4.41. The second-order valence-electron chi connectivity index (χ2n) is 9.61. The van der Waals surface area contributed by atoms with Crippen molar-refractivity contribution in [3.8, 4) is 5.75 Å².